The van der Waals surface area contributed by atoms with Crippen LogP contribution >= 0.6 is 0 Å². The molecule has 0 bridgehead atoms. The van der Waals surface area contributed by atoms with E-state index in [-0.39, 0.29) is 11.5 Å². The highest BCUT2D eigenvalue weighted by atomic mass is 16.6. The lowest BCUT2D eigenvalue weighted by Gasteiger charge is -2.39. The fourth-order valence-electron chi connectivity index (χ4n) is 2.55. The number of rotatable bonds is 7. The Bertz CT molecular complexity index is 361. The second-order valence-electron chi connectivity index (χ2n) is 7.91. The first-order chi connectivity index (χ1) is 10.6. The normalized spacial score (nSPS) is 17.4. The lowest BCUT2D eigenvalue weighted by molar-refractivity contribution is 0.00345. The van der Waals surface area contributed by atoms with E-state index in [4.69, 9.17) is 15.3 Å². The lowest BCUT2D eigenvalue weighted by Crippen LogP contribution is -2.52. The molecule has 1 heterocycles. The van der Waals surface area contributed by atoms with E-state index in [0.717, 1.165) is 19.6 Å². The Morgan fingerprint density at radius 1 is 1.13 bits per heavy atom. The van der Waals surface area contributed by atoms with E-state index >= 15 is 0 Å². The first-order valence-corrected chi connectivity index (χ1v) is 8.34. The third kappa shape index (κ3) is 8.50. The van der Waals surface area contributed by atoms with Crippen molar-refractivity contribution < 1.29 is 14.3 Å². The summed E-state index contributed by atoms with van der Waals surface area (Å²) in [7, 11) is 0. The topological polar surface area (TPSA) is 80.1 Å². The van der Waals surface area contributed by atoms with Crippen molar-refractivity contribution in [2.75, 3.05) is 52.5 Å². The van der Waals surface area contributed by atoms with Gasteiger partial charge in [0.25, 0.3) is 0 Å². The standard InChI is InChI=1S/C16H34N4O3/c1-15(2,3)23-14(21)20-9-7-19(8-10-20)12-16(4,5)13-22-11-6-18-17/h18H,6-13,17H2,1-5H3. The number of hydrazine groups is 1. The molecule has 1 fully saturated rings. The van der Waals surface area contributed by atoms with Gasteiger partial charge in [-0.3, -0.25) is 16.2 Å². The van der Waals surface area contributed by atoms with Gasteiger partial charge in [0.2, 0.25) is 0 Å². The van der Waals surface area contributed by atoms with Crippen molar-refractivity contribution in [3.05, 3.63) is 0 Å². The second kappa shape index (κ2) is 8.82. The minimum atomic E-state index is -0.439. The number of ether oxygens (including phenoxy) is 2. The van der Waals surface area contributed by atoms with Crippen molar-refractivity contribution in [1.82, 2.24) is 15.2 Å². The van der Waals surface area contributed by atoms with Crippen LogP contribution in [-0.4, -0.2) is 74.0 Å². The van der Waals surface area contributed by atoms with Crippen molar-refractivity contribution in [2.24, 2.45) is 11.3 Å². The summed E-state index contributed by atoms with van der Waals surface area (Å²) in [5.74, 6) is 5.22. The van der Waals surface area contributed by atoms with Gasteiger partial charge >= 0.3 is 6.09 Å². The van der Waals surface area contributed by atoms with E-state index < -0.39 is 5.60 Å². The van der Waals surface area contributed by atoms with Crippen LogP contribution in [0.1, 0.15) is 34.6 Å². The van der Waals surface area contributed by atoms with Gasteiger partial charge in [0, 0.05) is 44.7 Å². The number of hydrogen-bond donors (Lipinski definition) is 2. The Kier molecular flexibility index (Phi) is 7.73. The second-order valence-corrected chi connectivity index (χ2v) is 7.91. The molecule has 0 radical (unpaired) electrons. The molecule has 7 heteroatoms. The molecule has 23 heavy (non-hydrogen) atoms. The molecule has 0 unspecified atom stereocenters. The average molecular weight is 330 g/mol. The third-order valence-corrected chi connectivity index (χ3v) is 3.56. The molecule has 0 atom stereocenters. The lowest BCUT2D eigenvalue weighted by atomic mass is 9.93. The molecule has 0 aliphatic carbocycles. The number of hydrogen-bond acceptors (Lipinski definition) is 6. The Morgan fingerprint density at radius 3 is 2.26 bits per heavy atom. The van der Waals surface area contributed by atoms with Crippen LogP contribution in [0.4, 0.5) is 4.79 Å². The molecular weight excluding hydrogens is 296 g/mol. The molecular formula is C16H34N4O3. The van der Waals surface area contributed by atoms with Gasteiger partial charge in [0.15, 0.2) is 0 Å². The summed E-state index contributed by atoms with van der Waals surface area (Å²) in [4.78, 5) is 16.2. The molecule has 0 aromatic carbocycles. The maximum atomic E-state index is 12.1. The van der Waals surface area contributed by atoms with Crippen molar-refractivity contribution in [1.29, 1.82) is 0 Å². The molecule has 136 valence electrons. The van der Waals surface area contributed by atoms with Crippen LogP contribution in [-0.2, 0) is 9.47 Å². The zero-order valence-electron chi connectivity index (χ0n) is 15.4. The summed E-state index contributed by atoms with van der Waals surface area (Å²) in [5, 5.41) is 0. The van der Waals surface area contributed by atoms with E-state index in [1.807, 2.05) is 20.8 Å². The van der Waals surface area contributed by atoms with E-state index in [9.17, 15) is 4.79 Å². The Balaban J connectivity index is 2.31. The van der Waals surface area contributed by atoms with E-state index in [0.29, 0.717) is 32.8 Å². The molecule has 0 aromatic rings. The number of carbonyl (C=O) groups is 1. The van der Waals surface area contributed by atoms with Crippen molar-refractivity contribution in [3.63, 3.8) is 0 Å². The number of piperazine rings is 1. The maximum Gasteiger partial charge on any atom is 0.410 e. The van der Waals surface area contributed by atoms with Crippen molar-refractivity contribution in [3.8, 4) is 0 Å². The molecule has 7 nitrogen and oxygen atoms in total. The van der Waals surface area contributed by atoms with Gasteiger partial charge in [-0.1, -0.05) is 13.8 Å². The monoisotopic (exact) mass is 330 g/mol. The van der Waals surface area contributed by atoms with Gasteiger partial charge in [-0.15, -0.1) is 0 Å². The summed E-state index contributed by atoms with van der Waals surface area (Å²) in [6.45, 7) is 16.2. The number of amides is 1. The zero-order chi connectivity index (χ0) is 17.5. The molecule has 0 saturated carbocycles. The highest BCUT2D eigenvalue weighted by Crippen LogP contribution is 2.19. The van der Waals surface area contributed by atoms with Gasteiger partial charge < -0.3 is 14.4 Å². The Labute approximate surface area is 140 Å². The predicted octanol–water partition coefficient (Wildman–Crippen LogP) is 1.05. The highest BCUT2D eigenvalue weighted by Gasteiger charge is 2.28. The minimum absolute atomic E-state index is 0.0721. The predicted molar refractivity (Wildman–Crippen MR) is 91.0 cm³/mol. The summed E-state index contributed by atoms with van der Waals surface area (Å²) >= 11 is 0. The first kappa shape index (κ1) is 20.2. The Hall–Kier alpha value is -0.890. The smallest absolute Gasteiger partial charge is 0.410 e. The molecule has 1 aliphatic rings. The molecule has 1 aliphatic heterocycles. The van der Waals surface area contributed by atoms with Gasteiger partial charge in [-0.2, -0.15) is 0 Å². The van der Waals surface area contributed by atoms with Crippen molar-refractivity contribution >= 4 is 6.09 Å². The first-order valence-electron chi connectivity index (χ1n) is 8.34. The summed E-state index contributed by atoms with van der Waals surface area (Å²) < 4.78 is 11.1. The van der Waals surface area contributed by atoms with Crippen LogP contribution in [0.15, 0.2) is 0 Å². The van der Waals surface area contributed by atoms with Crippen LogP contribution in [0.25, 0.3) is 0 Å². The highest BCUT2D eigenvalue weighted by molar-refractivity contribution is 5.68. The SMILES string of the molecule is CC(C)(COCCNN)CN1CCN(C(=O)OC(C)(C)C)CC1. The number of carbonyl (C=O) groups excluding carboxylic acids is 1. The molecule has 0 spiro atoms. The van der Waals surface area contributed by atoms with E-state index in [1.54, 1.807) is 4.90 Å². The quantitative estimate of drug-likeness (QED) is 0.412. The summed E-state index contributed by atoms with van der Waals surface area (Å²) in [6.07, 6.45) is -0.214. The molecule has 3 N–H and O–H groups in total. The van der Waals surface area contributed by atoms with Crippen LogP contribution in [0, 0.1) is 5.41 Å². The van der Waals surface area contributed by atoms with Crippen LogP contribution < -0.4 is 11.3 Å². The van der Waals surface area contributed by atoms with Crippen LogP contribution in [0.5, 0.6) is 0 Å². The number of nitrogens with two attached hydrogens (primary N) is 1. The van der Waals surface area contributed by atoms with Crippen LogP contribution in [0.2, 0.25) is 0 Å². The van der Waals surface area contributed by atoms with Crippen LogP contribution in [0.3, 0.4) is 0 Å². The molecule has 1 saturated heterocycles. The third-order valence-electron chi connectivity index (χ3n) is 3.56. The van der Waals surface area contributed by atoms with E-state index in [1.165, 1.54) is 0 Å². The van der Waals surface area contributed by atoms with E-state index in [2.05, 4.69) is 24.2 Å². The molecule has 1 amide bonds. The van der Waals surface area contributed by atoms with Gasteiger partial charge in [-0.25, -0.2) is 4.79 Å². The minimum Gasteiger partial charge on any atom is -0.444 e. The average Bonchev–Trinajstić information content (AvgIpc) is 2.42. The van der Waals surface area contributed by atoms with Gasteiger partial charge in [0.05, 0.1) is 13.2 Å². The molecule has 1 rings (SSSR count). The fraction of sp³-hybridized carbons (Fsp3) is 0.938. The summed E-state index contributed by atoms with van der Waals surface area (Å²) in [6, 6.07) is 0. The Morgan fingerprint density at radius 2 is 1.74 bits per heavy atom. The van der Waals surface area contributed by atoms with Crippen molar-refractivity contribution in [2.45, 2.75) is 40.2 Å². The van der Waals surface area contributed by atoms with Gasteiger partial charge in [-0.05, 0) is 20.8 Å². The maximum absolute atomic E-state index is 12.1. The summed E-state index contributed by atoms with van der Waals surface area (Å²) in [5.41, 5.74) is 2.22. The largest absolute Gasteiger partial charge is 0.444 e. The van der Waals surface area contributed by atoms with Gasteiger partial charge in [0.1, 0.15) is 5.60 Å². The molecule has 0 aromatic heterocycles. The zero-order valence-corrected chi connectivity index (χ0v) is 15.4. The number of nitrogens with one attached hydrogen (secondary N) is 1. The number of nitrogens with zero attached hydrogens (tertiary/aromatic N) is 2. The fourth-order valence-corrected chi connectivity index (χ4v) is 2.55.